The molecule has 1 fully saturated rings. The third-order valence-corrected chi connectivity index (χ3v) is 4.67. The van der Waals surface area contributed by atoms with Crippen LogP contribution in [0.3, 0.4) is 0 Å². The average molecular weight is 329 g/mol. The molecule has 1 N–H and O–H groups in total. The Hall–Kier alpha value is -2.56. The minimum Gasteiger partial charge on any atom is -0.493 e. The minimum atomic E-state index is -0.793. The van der Waals surface area contributed by atoms with Gasteiger partial charge < -0.3 is 14.8 Å². The Labute approximate surface area is 140 Å². The Morgan fingerprint density at radius 2 is 1.79 bits per heavy atom. The summed E-state index contributed by atoms with van der Waals surface area (Å²) in [6, 6.07) is 11.7. The zero-order valence-corrected chi connectivity index (χ0v) is 13.8. The summed E-state index contributed by atoms with van der Waals surface area (Å²) >= 11 is 0. The molecule has 0 aliphatic heterocycles. The van der Waals surface area contributed by atoms with E-state index in [0.29, 0.717) is 35.6 Å². The number of carbonyl (C=O) groups is 1. The van der Waals surface area contributed by atoms with E-state index in [1.807, 2.05) is 0 Å². The molecule has 0 bridgehead atoms. The van der Waals surface area contributed by atoms with Crippen LogP contribution in [0.1, 0.15) is 24.8 Å². The van der Waals surface area contributed by atoms with Gasteiger partial charge in [0, 0.05) is 17.3 Å². The zero-order chi connectivity index (χ0) is 17.2. The van der Waals surface area contributed by atoms with Crippen molar-refractivity contribution in [2.45, 2.75) is 24.7 Å². The van der Waals surface area contributed by atoms with Gasteiger partial charge in [0.1, 0.15) is 5.82 Å². The minimum absolute atomic E-state index is 0.189. The summed E-state index contributed by atoms with van der Waals surface area (Å²) < 4.78 is 24.7. The van der Waals surface area contributed by atoms with E-state index in [1.165, 1.54) is 13.2 Å². The molecule has 1 saturated carbocycles. The van der Waals surface area contributed by atoms with Crippen LogP contribution >= 0.6 is 0 Å². The van der Waals surface area contributed by atoms with Crippen molar-refractivity contribution < 1.29 is 18.7 Å². The molecule has 2 aromatic rings. The van der Waals surface area contributed by atoms with Crippen LogP contribution in [0.25, 0.3) is 0 Å². The van der Waals surface area contributed by atoms with E-state index in [9.17, 15) is 9.18 Å². The summed E-state index contributed by atoms with van der Waals surface area (Å²) in [6.45, 7) is 0. The van der Waals surface area contributed by atoms with Gasteiger partial charge in [-0.25, -0.2) is 4.39 Å². The number of nitrogens with one attached hydrogen (secondary N) is 1. The molecule has 3 rings (SSSR count). The van der Waals surface area contributed by atoms with Crippen molar-refractivity contribution in [3.05, 3.63) is 53.8 Å². The molecule has 5 heteroatoms. The first-order valence-electron chi connectivity index (χ1n) is 7.89. The lowest BCUT2D eigenvalue weighted by Gasteiger charge is -2.40. The predicted molar refractivity (Wildman–Crippen MR) is 90.1 cm³/mol. The van der Waals surface area contributed by atoms with Gasteiger partial charge in [-0.05, 0) is 31.0 Å². The second-order valence-electron chi connectivity index (χ2n) is 5.94. The van der Waals surface area contributed by atoms with E-state index >= 15 is 0 Å². The van der Waals surface area contributed by atoms with E-state index < -0.39 is 5.41 Å². The molecule has 24 heavy (non-hydrogen) atoms. The van der Waals surface area contributed by atoms with Crippen molar-refractivity contribution in [2.75, 3.05) is 19.5 Å². The van der Waals surface area contributed by atoms with Crippen molar-refractivity contribution in [1.29, 1.82) is 0 Å². The lowest BCUT2D eigenvalue weighted by molar-refractivity contribution is -0.124. The Balaban J connectivity index is 1.87. The Morgan fingerprint density at radius 3 is 2.38 bits per heavy atom. The molecule has 0 heterocycles. The zero-order valence-electron chi connectivity index (χ0n) is 13.8. The highest BCUT2D eigenvalue weighted by molar-refractivity contribution is 6.00. The van der Waals surface area contributed by atoms with Gasteiger partial charge in [0.2, 0.25) is 5.91 Å². The fourth-order valence-electron chi connectivity index (χ4n) is 3.16. The maximum absolute atomic E-state index is 14.2. The molecule has 0 atom stereocenters. The Bertz CT molecular complexity index is 756. The largest absolute Gasteiger partial charge is 0.493 e. The van der Waals surface area contributed by atoms with Gasteiger partial charge in [-0.1, -0.05) is 24.6 Å². The van der Waals surface area contributed by atoms with Crippen LogP contribution in [0.15, 0.2) is 42.5 Å². The molecular weight excluding hydrogens is 309 g/mol. The van der Waals surface area contributed by atoms with Crippen molar-refractivity contribution >= 4 is 11.6 Å². The number of ether oxygens (including phenoxy) is 2. The van der Waals surface area contributed by atoms with Crippen molar-refractivity contribution in [1.82, 2.24) is 0 Å². The fraction of sp³-hybridized carbons (Fsp3) is 0.316. The molecule has 0 radical (unpaired) electrons. The predicted octanol–water partition coefficient (Wildman–Crippen LogP) is 3.90. The number of carbonyl (C=O) groups excluding carboxylic acids is 1. The van der Waals surface area contributed by atoms with E-state index in [-0.39, 0.29) is 11.7 Å². The molecule has 0 unspecified atom stereocenters. The van der Waals surface area contributed by atoms with Gasteiger partial charge >= 0.3 is 0 Å². The highest BCUT2D eigenvalue weighted by atomic mass is 19.1. The summed E-state index contributed by atoms with van der Waals surface area (Å²) in [6.07, 6.45) is 2.20. The van der Waals surface area contributed by atoms with Crippen LogP contribution in [0.5, 0.6) is 11.5 Å². The van der Waals surface area contributed by atoms with E-state index in [0.717, 1.165) is 6.42 Å². The van der Waals surface area contributed by atoms with E-state index in [2.05, 4.69) is 5.32 Å². The van der Waals surface area contributed by atoms with Crippen LogP contribution in [0, 0.1) is 5.82 Å². The molecule has 0 spiro atoms. The number of halogens is 1. The Kier molecular flexibility index (Phi) is 4.42. The van der Waals surface area contributed by atoms with Crippen LogP contribution < -0.4 is 14.8 Å². The van der Waals surface area contributed by atoms with Gasteiger partial charge in [-0.2, -0.15) is 0 Å². The molecule has 0 saturated heterocycles. The number of anilines is 1. The average Bonchev–Trinajstić information content (AvgIpc) is 2.55. The number of methoxy groups -OCH3 is 2. The highest BCUT2D eigenvalue weighted by Crippen LogP contribution is 2.45. The molecule has 1 amide bonds. The second-order valence-corrected chi connectivity index (χ2v) is 5.94. The first-order chi connectivity index (χ1) is 11.6. The maximum atomic E-state index is 14.2. The van der Waals surface area contributed by atoms with Crippen LogP contribution in [0.4, 0.5) is 10.1 Å². The van der Waals surface area contributed by atoms with Gasteiger partial charge in [0.15, 0.2) is 11.5 Å². The third-order valence-electron chi connectivity index (χ3n) is 4.67. The van der Waals surface area contributed by atoms with Crippen LogP contribution in [-0.2, 0) is 10.2 Å². The van der Waals surface area contributed by atoms with Crippen molar-refractivity contribution in [3.63, 3.8) is 0 Å². The molecule has 2 aromatic carbocycles. The molecule has 1 aliphatic rings. The smallest absolute Gasteiger partial charge is 0.235 e. The number of hydrogen-bond acceptors (Lipinski definition) is 3. The quantitative estimate of drug-likeness (QED) is 0.905. The first kappa shape index (κ1) is 16.3. The third kappa shape index (κ3) is 2.70. The summed E-state index contributed by atoms with van der Waals surface area (Å²) in [5.41, 5.74) is 0.271. The van der Waals surface area contributed by atoms with Gasteiger partial charge in [0.25, 0.3) is 0 Å². The molecule has 4 nitrogen and oxygen atoms in total. The summed E-state index contributed by atoms with van der Waals surface area (Å²) in [5.74, 6) is 0.595. The molecule has 0 aromatic heterocycles. The number of amides is 1. The van der Waals surface area contributed by atoms with Gasteiger partial charge in [-0.15, -0.1) is 0 Å². The monoisotopic (exact) mass is 329 g/mol. The Morgan fingerprint density at radius 1 is 1.08 bits per heavy atom. The summed E-state index contributed by atoms with van der Waals surface area (Å²) in [7, 11) is 3.09. The summed E-state index contributed by atoms with van der Waals surface area (Å²) in [4.78, 5) is 12.9. The highest BCUT2D eigenvalue weighted by Gasteiger charge is 2.47. The van der Waals surface area contributed by atoms with E-state index in [1.54, 1.807) is 43.5 Å². The van der Waals surface area contributed by atoms with Crippen molar-refractivity contribution in [3.8, 4) is 11.5 Å². The lowest BCUT2D eigenvalue weighted by Crippen LogP contribution is -2.46. The topological polar surface area (TPSA) is 47.6 Å². The molecule has 1 aliphatic carbocycles. The SMILES string of the molecule is COc1ccc(NC(=O)C2(c3ccccc3F)CCC2)cc1OC. The van der Waals surface area contributed by atoms with Gasteiger partial charge in [-0.3, -0.25) is 4.79 Å². The number of benzene rings is 2. The number of hydrogen-bond donors (Lipinski definition) is 1. The standard InChI is InChI=1S/C19H20FNO3/c1-23-16-9-8-13(12-17(16)24-2)21-18(22)19(10-5-11-19)14-6-3-4-7-15(14)20/h3-4,6-9,12H,5,10-11H2,1-2H3,(H,21,22). The summed E-state index contributed by atoms with van der Waals surface area (Å²) in [5, 5.41) is 2.90. The second kappa shape index (κ2) is 6.51. The van der Waals surface area contributed by atoms with Gasteiger partial charge in [0.05, 0.1) is 19.6 Å². The normalized spacial score (nSPS) is 15.3. The molecule has 126 valence electrons. The fourth-order valence-corrected chi connectivity index (χ4v) is 3.16. The maximum Gasteiger partial charge on any atom is 0.235 e. The molecular formula is C19H20FNO3. The van der Waals surface area contributed by atoms with Crippen LogP contribution in [0.2, 0.25) is 0 Å². The van der Waals surface area contributed by atoms with E-state index in [4.69, 9.17) is 9.47 Å². The van der Waals surface area contributed by atoms with Crippen molar-refractivity contribution in [2.24, 2.45) is 0 Å². The number of rotatable bonds is 5. The first-order valence-corrected chi connectivity index (χ1v) is 7.89. The lowest BCUT2D eigenvalue weighted by atomic mass is 9.63. The van der Waals surface area contributed by atoms with Crippen LogP contribution in [-0.4, -0.2) is 20.1 Å².